The summed E-state index contributed by atoms with van der Waals surface area (Å²) in [7, 11) is 0. The largest absolute Gasteiger partial charge is 0.278 e. The van der Waals surface area contributed by atoms with Crippen molar-refractivity contribution in [1.29, 1.82) is 0 Å². The lowest BCUT2D eigenvalue weighted by atomic mass is 10.0. The van der Waals surface area contributed by atoms with E-state index in [0.29, 0.717) is 5.95 Å². The van der Waals surface area contributed by atoms with Gasteiger partial charge in [-0.1, -0.05) is 121 Å². The quantitative estimate of drug-likeness (QED) is 0.185. The molecule has 0 aliphatic carbocycles. The van der Waals surface area contributed by atoms with E-state index in [9.17, 15) is 0 Å². The maximum atomic E-state index is 5.46. The van der Waals surface area contributed by atoms with Crippen molar-refractivity contribution in [2.24, 2.45) is 0 Å². The van der Waals surface area contributed by atoms with Gasteiger partial charge in [0.1, 0.15) is 0 Å². The summed E-state index contributed by atoms with van der Waals surface area (Å²) in [6, 6.07) is 58.8. The molecule has 5 heteroatoms. The highest BCUT2D eigenvalue weighted by Crippen LogP contribution is 2.43. The zero-order valence-corrected chi connectivity index (χ0v) is 28.9. The second-order valence-corrected chi connectivity index (χ2v) is 15.1. The third-order valence-electron chi connectivity index (χ3n) is 10.0. The third kappa shape index (κ3) is 4.49. The first-order chi connectivity index (χ1) is 25.3. The number of thiophene rings is 2. The summed E-state index contributed by atoms with van der Waals surface area (Å²) in [6.07, 6.45) is 0. The Kier molecular flexibility index (Phi) is 6.29. The van der Waals surface area contributed by atoms with Gasteiger partial charge in [-0.3, -0.25) is 4.57 Å². The van der Waals surface area contributed by atoms with Gasteiger partial charge in [0.25, 0.3) is 0 Å². The van der Waals surface area contributed by atoms with Crippen LogP contribution < -0.4 is 0 Å². The molecule has 0 saturated heterocycles. The summed E-state index contributed by atoms with van der Waals surface area (Å²) in [5.74, 6) is 0.663. The summed E-state index contributed by atoms with van der Waals surface area (Å²) in [6.45, 7) is 0. The van der Waals surface area contributed by atoms with Crippen LogP contribution in [-0.2, 0) is 0 Å². The van der Waals surface area contributed by atoms with E-state index in [1.807, 2.05) is 22.7 Å². The molecule has 4 heterocycles. The van der Waals surface area contributed by atoms with Gasteiger partial charge in [-0.15, -0.1) is 22.7 Å². The van der Waals surface area contributed by atoms with Crippen molar-refractivity contribution in [3.63, 3.8) is 0 Å². The molecule has 4 aromatic heterocycles. The Morgan fingerprint density at radius 1 is 0.373 bits per heavy atom. The summed E-state index contributed by atoms with van der Waals surface area (Å²) in [4.78, 5) is 10.9. The minimum atomic E-state index is 0.663. The molecule has 11 rings (SSSR count). The van der Waals surface area contributed by atoms with E-state index in [2.05, 4.69) is 168 Å². The highest BCUT2D eigenvalue weighted by atomic mass is 32.1. The number of hydrogen-bond acceptors (Lipinski definition) is 4. The Bertz CT molecular complexity index is 3150. The van der Waals surface area contributed by atoms with Crippen LogP contribution in [0.1, 0.15) is 0 Å². The molecule has 3 nitrogen and oxygen atoms in total. The van der Waals surface area contributed by atoms with E-state index in [1.54, 1.807) is 0 Å². The van der Waals surface area contributed by atoms with Gasteiger partial charge in [-0.25, -0.2) is 9.97 Å². The monoisotopic (exact) mass is 685 g/mol. The molecule has 0 fully saturated rings. The number of rotatable bonds is 4. The van der Waals surface area contributed by atoms with Crippen molar-refractivity contribution in [3.8, 4) is 39.6 Å². The molecule has 0 aliphatic rings. The Balaban J connectivity index is 1.22. The van der Waals surface area contributed by atoms with E-state index < -0.39 is 0 Å². The Hall–Kier alpha value is -6.14. The van der Waals surface area contributed by atoms with Crippen LogP contribution in [0.5, 0.6) is 0 Å². The summed E-state index contributed by atoms with van der Waals surface area (Å²) < 4.78 is 7.37. The first kappa shape index (κ1) is 28.7. The van der Waals surface area contributed by atoms with E-state index in [0.717, 1.165) is 39.1 Å². The molecule has 0 amide bonds. The van der Waals surface area contributed by atoms with Gasteiger partial charge in [-0.05, 0) is 53.6 Å². The maximum absolute atomic E-state index is 5.46. The van der Waals surface area contributed by atoms with Crippen LogP contribution >= 0.6 is 22.7 Å². The average Bonchev–Trinajstić information content (AvgIpc) is 3.86. The van der Waals surface area contributed by atoms with Crippen LogP contribution in [0.15, 0.2) is 164 Å². The van der Waals surface area contributed by atoms with E-state index >= 15 is 0 Å². The normalized spacial score (nSPS) is 11.9. The molecular weight excluding hydrogens is 659 g/mol. The third-order valence-corrected chi connectivity index (χ3v) is 12.4. The van der Waals surface area contributed by atoms with E-state index in [1.165, 1.54) is 56.7 Å². The molecule has 0 bridgehead atoms. The highest BCUT2D eigenvalue weighted by molar-refractivity contribution is 7.26. The Labute approximate surface area is 301 Å². The van der Waals surface area contributed by atoms with Gasteiger partial charge in [0.05, 0.1) is 22.4 Å². The molecule has 238 valence electrons. The van der Waals surface area contributed by atoms with Crippen molar-refractivity contribution >= 4 is 84.8 Å². The number of hydrogen-bond donors (Lipinski definition) is 0. The van der Waals surface area contributed by atoms with Gasteiger partial charge in [-0.2, -0.15) is 0 Å². The summed E-state index contributed by atoms with van der Waals surface area (Å²) >= 11 is 3.68. The lowest BCUT2D eigenvalue weighted by Crippen LogP contribution is -2.04. The number of nitrogens with zero attached hydrogens (tertiary/aromatic N) is 3. The van der Waals surface area contributed by atoms with Crippen molar-refractivity contribution in [2.75, 3.05) is 0 Å². The minimum Gasteiger partial charge on any atom is -0.278 e. The number of aromatic nitrogens is 3. The molecule has 0 radical (unpaired) electrons. The number of benzene rings is 7. The van der Waals surface area contributed by atoms with Crippen LogP contribution in [0.3, 0.4) is 0 Å². The highest BCUT2D eigenvalue weighted by Gasteiger charge is 2.20. The molecule has 0 N–H and O–H groups in total. The average molecular weight is 686 g/mol. The van der Waals surface area contributed by atoms with Gasteiger partial charge in [0, 0.05) is 62.2 Å². The Morgan fingerprint density at radius 2 is 1.02 bits per heavy atom. The van der Waals surface area contributed by atoms with Crippen molar-refractivity contribution in [1.82, 2.24) is 14.5 Å². The standard InChI is InChI=1S/C46H27N3S2/c1-2-12-28(13-3-1)29-14-10-15-30(24-29)38-27-39(35-20-11-19-34-32-17-5-9-23-43(32)51-45(34)35)48-46(47-38)49-40-21-7-4-16-31(40)36-26-44-37(25-41(36)49)33-18-6-8-22-42(33)50-44/h1-27H. The van der Waals surface area contributed by atoms with Crippen LogP contribution in [-0.4, -0.2) is 14.5 Å². The van der Waals surface area contributed by atoms with Gasteiger partial charge < -0.3 is 0 Å². The molecule has 51 heavy (non-hydrogen) atoms. The Morgan fingerprint density at radius 3 is 1.88 bits per heavy atom. The number of para-hydroxylation sites is 1. The van der Waals surface area contributed by atoms with E-state index in [4.69, 9.17) is 9.97 Å². The zero-order valence-electron chi connectivity index (χ0n) is 27.2. The fourth-order valence-corrected chi connectivity index (χ4v) is 10.0. The van der Waals surface area contributed by atoms with Crippen molar-refractivity contribution < 1.29 is 0 Å². The van der Waals surface area contributed by atoms with Crippen LogP contribution in [0, 0.1) is 0 Å². The molecule has 11 aromatic rings. The smallest absolute Gasteiger partial charge is 0.235 e. The SMILES string of the molecule is c1ccc(-c2cccc(-c3cc(-c4cccc5c4sc4ccccc45)nc(-n4c5ccccc5c5cc6sc7ccccc7c6cc54)n3)c2)cc1. The predicted molar refractivity (Wildman–Crippen MR) is 218 cm³/mol. The fraction of sp³-hybridized carbons (Fsp3) is 0. The van der Waals surface area contributed by atoms with Crippen LogP contribution in [0.2, 0.25) is 0 Å². The predicted octanol–water partition coefficient (Wildman–Crippen LogP) is 13.3. The van der Waals surface area contributed by atoms with Crippen molar-refractivity contribution in [3.05, 3.63) is 164 Å². The summed E-state index contributed by atoms with van der Waals surface area (Å²) in [5, 5.41) is 7.47. The number of fused-ring (bicyclic) bond motifs is 9. The maximum Gasteiger partial charge on any atom is 0.235 e. The minimum absolute atomic E-state index is 0.663. The lowest BCUT2D eigenvalue weighted by Gasteiger charge is -2.13. The van der Waals surface area contributed by atoms with Crippen LogP contribution in [0.4, 0.5) is 0 Å². The second-order valence-electron chi connectivity index (χ2n) is 13.0. The zero-order chi connectivity index (χ0) is 33.5. The molecule has 0 spiro atoms. The first-order valence-corrected chi connectivity index (χ1v) is 18.7. The van der Waals surface area contributed by atoms with Crippen LogP contribution in [0.25, 0.3) is 102 Å². The van der Waals surface area contributed by atoms with Crippen molar-refractivity contribution in [2.45, 2.75) is 0 Å². The lowest BCUT2D eigenvalue weighted by molar-refractivity contribution is 0.997. The fourth-order valence-electron chi connectivity index (χ4n) is 7.66. The molecule has 0 aliphatic heterocycles. The molecule has 0 saturated carbocycles. The summed E-state index contributed by atoms with van der Waals surface area (Å²) in [5.41, 5.74) is 8.50. The van der Waals surface area contributed by atoms with E-state index in [-0.39, 0.29) is 0 Å². The molecular formula is C46H27N3S2. The first-order valence-electron chi connectivity index (χ1n) is 17.1. The molecule has 0 atom stereocenters. The second kappa shape index (κ2) is 11.2. The van der Waals surface area contributed by atoms with Gasteiger partial charge in [0.2, 0.25) is 5.95 Å². The van der Waals surface area contributed by atoms with Gasteiger partial charge >= 0.3 is 0 Å². The topological polar surface area (TPSA) is 30.7 Å². The molecule has 0 unspecified atom stereocenters. The van der Waals surface area contributed by atoms with Gasteiger partial charge in [0.15, 0.2) is 0 Å². The molecule has 7 aromatic carbocycles.